The fraction of sp³-hybridized carbons (Fsp3) is 0.154. The van der Waals surface area contributed by atoms with Crippen LogP contribution >= 0.6 is 0 Å². The Morgan fingerprint density at radius 2 is 1.67 bits per heavy atom. The SMILES string of the molecule is C[C@@H](c1nc(C(=O)Nc2cnoc2)c(O)c(=O)n1C)C(c1ccccc1C#N)c1ccccc1C#N. The average Bonchev–Trinajstić information content (AvgIpc) is 3.41. The van der Waals surface area contributed by atoms with E-state index in [4.69, 9.17) is 4.52 Å². The molecule has 36 heavy (non-hydrogen) atoms. The minimum Gasteiger partial charge on any atom is -0.501 e. The highest BCUT2D eigenvalue weighted by atomic mass is 16.5. The van der Waals surface area contributed by atoms with E-state index in [1.165, 1.54) is 19.5 Å². The summed E-state index contributed by atoms with van der Waals surface area (Å²) in [6, 6.07) is 18.3. The van der Waals surface area contributed by atoms with Crippen molar-refractivity contribution in [2.24, 2.45) is 7.05 Å². The number of nitrogens with zero attached hydrogens (tertiary/aromatic N) is 5. The number of nitriles is 2. The van der Waals surface area contributed by atoms with E-state index in [1.54, 1.807) is 55.5 Å². The second-order valence-electron chi connectivity index (χ2n) is 8.06. The third kappa shape index (κ3) is 4.31. The zero-order valence-electron chi connectivity index (χ0n) is 19.3. The Kier molecular flexibility index (Phi) is 6.61. The van der Waals surface area contributed by atoms with E-state index in [1.807, 2.05) is 0 Å². The van der Waals surface area contributed by atoms with Gasteiger partial charge >= 0.3 is 0 Å². The molecule has 10 nitrogen and oxygen atoms in total. The van der Waals surface area contributed by atoms with Gasteiger partial charge in [0.05, 0.1) is 29.5 Å². The maximum atomic E-state index is 12.9. The fourth-order valence-corrected chi connectivity index (χ4v) is 4.22. The molecule has 0 fully saturated rings. The number of carbonyl (C=O) groups excluding carboxylic acids is 1. The molecular formula is C26H20N6O4. The summed E-state index contributed by atoms with van der Waals surface area (Å²) in [7, 11) is 1.44. The molecule has 2 aromatic carbocycles. The second kappa shape index (κ2) is 9.95. The van der Waals surface area contributed by atoms with E-state index in [0.29, 0.717) is 22.3 Å². The molecule has 0 saturated heterocycles. The maximum Gasteiger partial charge on any atom is 0.296 e. The van der Waals surface area contributed by atoms with Crippen LogP contribution in [0.4, 0.5) is 5.69 Å². The van der Waals surface area contributed by atoms with Crippen LogP contribution in [0.1, 0.15) is 57.3 Å². The Morgan fingerprint density at radius 1 is 1.08 bits per heavy atom. The Balaban J connectivity index is 1.91. The molecule has 0 saturated carbocycles. The molecule has 1 amide bonds. The van der Waals surface area contributed by atoms with Crippen molar-refractivity contribution in [2.45, 2.75) is 18.8 Å². The van der Waals surface area contributed by atoms with Crippen molar-refractivity contribution in [1.29, 1.82) is 10.5 Å². The number of anilines is 1. The summed E-state index contributed by atoms with van der Waals surface area (Å²) in [6.07, 6.45) is 2.44. The molecule has 0 unspecified atom stereocenters. The first-order valence-electron chi connectivity index (χ1n) is 10.9. The summed E-state index contributed by atoms with van der Waals surface area (Å²) in [4.78, 5) is 30.1. The number of amides is 1. The number of carbonyl (C=O) groups is 1. The monoisotopic (exact) mass is 480 g/mol. The van der Waals surface area contributed by atoms with Crippen LogP contribution in [0.25, 0.3) is 0 Å². The van der Waals surface area contributed by atoms with Gasteiger partial charge in [0, 0.05) is 18.9 Å². The van der Waals surface area contributed by atoms with E-state index in [9.17, 15) is 25.2 Å². The van der Waals surface area contributed by atoms with Crippen LogP contribution < -0.4 is 10.9 Å². The molecule has 10 heteroatoms. The summed E-state index contributed by atoms with van der Waals surface area (Å²) >= 11 is 0. The van der Waals surface area contributed by atoms with Crippen molar-refractivity contribution in [3.05, 3.63) is 105 Å². The maximum absolute atomic E-state index is 12.9. The molecule has 2 heterocycles. The lowest BCUT2D eigenvalue weighted by Gasteiger charge is -2.27. The van der Waals surface area contributed by atoms with Gasteiger partial charge in [0.2, 0.25) is 5.75 Å². The lowest BCUT2D eigenvalue weighted by Crippen LogP contribution is -2.29. The lowest BCUT2D eigenvalue weighted by molar-refractivity contribution is 0.101. The van der Waals surface area contributed by atoms with Crippen LogP contribution in [0.5, 0.6) is 5.75 Å². The first-order chi connectivity index (χ1) is 17.4. The summed E-state index contributed by atoms with van der Waals surface area (Å²) in [5.41, 5.74) is 0.999. The zero-order chi connectivity index (χ0) is 25.8. The molecule has 2 N–H and O–H groups in total. The van der Waals surface area contributed by atoms with E-state index < -0.39 is 34.7 Å². The van der Waals surface area contributed by atoms with Crippen LogP contribution in [0.2, 0.25) is 0 Å². The van der Waals surface area contributed by atoms with E-state index >= 15 is 0 Å². The minimum absolute atomic E-state index is 0.179. The summed E-state index contributed by atoms with van der Waals surface area (Å²) in [5.74, 6) is -2.64. The van der Waals surface area contributed by atoms with Crippen molar-refractivity contribution in [3.63, 3.8) is 0 Å². The molecule has 178 valence electrons. The summed E-state index contributed by atoms with van der Waals surface area (Å²) < 4.78 is 5.85. The quantitative estimate of drug-likeness (QED) is 0.425. The van der Waals surface area contributed by atoms with Gasteiger partial charge in [0.1, 0.15) is 17.8 Å². The molecule has 0 aliphatic carbocycles. The largest absolute Gasteiger partial charge is 0.501 e. The molecule has 1 atom stereocenters. The highest BCUT2D eigenvalue weighted by Gasteiger charge is 2.31. The van der Waals surface area contributed by atoms with Crippen LogP contribution in [-0.2, 0) is 7.05 Å². The molecule has 4 rings (SSSR count). The van der Waals surface area contributed by atoms with Crippen molar-refractivity contribution in [2.75, 3.05) is 5.32 Å². The summed E-state index contributed by atoms with van der Waals surface area (Å²) in [6.45, 7) is 1.79. The normalized spacial score (nSPS) is 11.5. The van der Waals surface area contributed by atoms with Crippen molar-refractivity contribution in [3.8, 4) is 17.9 Å². The van der Waals surface area contributed by atoms with Gasteiger partial charge in [-0.2, -0.15) is 10.5 Å². The Morgan fingerprint density at radius 3 is 2.19 bits per heavy atom. The van der Waals surface area contributed by atoms with Crippen molar-refractivity contribution in [1.82, 2.24) is 14.7 Å². The predicted molar refractivity (Wildman–Crippen MR) is 128 cm³/mol. The van der Waals surface area contributed by atoms with Gasteiger partial charge in [0.25, 0.3) is 11.5 Å². The van der Waals surface area contributed by atoms with Gasteiger partial charge in [-0.15, -0.1) is 0 Å². The first kappa shape index (κ1) is 23.9. The van der Waals surface area contributed by atoms with Gasteiger partial charge in [-0.1, -0.05) is 48.5 Å². The van der Waals surface area contributed by atoms with Gasteiger partial charge in [-0.05, 0) is 23.3 Å². The van der Waals surface area contributed by atoms with Crippen LogP contribution in [0, 0.1) is 22.7 Å². The minimum atomic E-state index is -0.826. The van der Waals surface area contributed by atoms with Crippen molar-refractivity contribution >= 4 is 11.6 Å². The molecular weight excluding hydrogens is 460 g/mol. The smallest absolute Gasteiger partial charge is 0.296 e. The lowest BCUT2D eigenvalue weighted by atomic mass is 9.77. The third-order valence-corrected chi connectivity index (χ3v) is 5.95. The molecule has 0 aliphatic rings. The standard InChI is InChI=1S/C26H20N6O4/c1-15(21(19-9-5-3-7-16(19)11-27)20-10-6-4-8-17(20)12-28)24-31-22(23(33)26(35)32(24)2)25(34)30-18-13-29-36-14-18/h3-10,13-15,21,33H,1-2H3,(H,30,34)/t15-/m1/s1. The van der Waals surface area contributed by atoms with Gasteiger partial charge in [0.15, 0.2) is 5.69 Å². The molecule has 0 spiro atoms. The van der Waals surface area contributed by atoms with Crippen molar-refractivity contribution < 1.29 is 14.4 Å². The molecule has 4 aromatic rings. The van der Waals surface area contributed by atoms with Crippen LogP contribution in [0.3, 0.4) is 0 Å². The summed E-state index contributed by atoms with van der Waals surface area (Å²) in [5, 5.41) is 36.0. The molecule has 0 bridgehead atoms. The molecule has 2 aromatic heterocycles. The molecule has 0 aliphatic heterocycles. The number of hydrogen-bond acceptors (Lipinski definition) is 8. The zero-order valence-corrected chi connectivity index (χ0v) is 19.3. The number of hydrogen-bond donors (Lipinski definition) is 2. The Hall–Kier alpha value is -5.22. The Labute approximate surface area is 205 Å². The molecule has 0 radical (unpaired) electrons. The third-order valence-electron chi connectivity index (χ3n) is 5.95. The van der Waals surface area contributed by atoms with Gasteiger partial charge in [-0.3, -0.25) is 14.2 Å². The number of aromatic hydroxyl groups is 1. The topological polar surface area (TPSA) is 158 Å². The second-order valence-corrected chi connectivity index (χ2v) is 8.06. The fourth-order valence-electron chi connectivity index (χ4n) is 4.22. The van der Waals surface area contributed by atoms with Gasteiger partial charge < -0.3 is 14.9 Å². The predicted octanol–water partition coefficient (Wildman–Crippen LogP) is 3.41. The van der Waals surface area contributed by atoms with Crippen LogP contribution in [0.15, 0.2) is 70.3 Å². The highest BCUT2D eigenvalue weighted by Crippen LogP contribution is 2.40. The van der Waals surface area contributed by atoms with Crippen LogP contribution in [-0.4, -0.2) is 25.7 Å². The number of aromatic nitrogens is 3. The number of nitrogens with one attached hydrogen (secondary N) is 1. The highest BCUT2D eigenvalue weighted by molar-refractivity contribution is 6.04. The van der Waals surface area contributed by atoms with E-state index in [0.717, 1.165) is 4.57 Å². The first-order valence-corrected chi connectivity index (χ1v) is 10.9. The average molecular weight is 480 g/mol. The Bertz CT molecular complexity index is 1520. The number of benzene rings is 2. The van der Waals surface area contributed by atoms with E-state index in [2.05, 4.69) is 27.6 Å². The van der Waals surface area contributed by atoms with Gasteiger partial charge in [-0.25, -0.2) is 4.98 Å². The van der Waals surface area contributed by atoms with E-state index in [-0.39, 0.29) is 11.5 Å². The number of rotatable bonds is 6.